The normalized spacial score (nSPS) is 18.3. The number of likely N-dealkylation sites (tertiary alicyclic amines) is 1. The molecule has 1 aliphatic rings. The Labute approximate surface area is 146 Å². The van der Waals surface area contributed by atoms with E-state index in [1.54, 1.807) is 0 Å². The second-order valence-corrected chi connectivity index (χ2v) is 6.50. The number of benzene rings is 2. The summed E-state index contributed by atoms with van der Waals surface area (Å²) in [6.07, 6.45) is 1.93. The maximum absolute atomic E-state index is 12.5. The fourth-order valence-corrected chi connectivity index (χ4v) is 3.36. The third kappa shape index (κ3) is 3.72. The van der Waals surface area contributed by atoms with Crippen LogP contribution in [0.1, 0.15) is 18.7 Å². The summed E-state index contributed by atoms with van der Waals surface area (Å²) in [5.74, 6) is 0.803. The van der Waals surface area contributed by atoms with Crippen LogP contribution in [0.3, 0.4) is 0 Å². The predicted molar refractivity (Wildman–Crippen MR) is 97.1 cm³/mol. The van der Waals surface area contributed by atoms with Crippen LogP contribution in [0.4, 0.5) is 5.69 Å². The lowest BCUT2D eigenvalue weighted by atomic mass is 9.97. The molecule has 128 valence electrons. The zero-order valence-corrected chi connectivity index (χ0v) is 14.0. The minimum absolute atomic E-state index is 0.00154. The second kappa shape index (κ2) is 7.07. The van der Waals surface area contributed by atoms with E-state index in [1.165, 1.54) is 0 Å². The van der Waals surface area contributed by atoms with Crippen molar-refractivity contribution >= 4 is 22.7 Å². The zero-order chi connectivity index (χ0) is 17.1. The summed E-state index contributed by atoms with van der Waals surface area (Å²) >= 11 is 0. The maximum Gasteiger partial charge on any atom is 0.228 e. The average Bonchev–Trinajstić information content (AvgIpc) is 3.05. The van der Waals surface area contributed by atoms with Crippen LogP contribution in [0, 0.1) is 5.92 Å². The van der Waals surface area contributed by atoms with Crippen molar-refractivity contribution in [2.24, 2.45) is 5.92 Å². The number of fused-ring (bicyclic) bond motifs is 1. The Morgan fingerprint density at radius 1 is 1.16 bits per heavy atom. The van der Waals surface area contributed by atoms with Crippen molar-refractivity contribution in [1.82, 2.24) is 9.88 Å². The summed E-state index contributed by atoms with van der Waals surface area (Å²) < 4.78 is 5.81. The molecule has 1 fully saturated rings. The topological polar surface area (TPSA) is 58.4 Å². The highest BCUT2D eigenvalue weighted by molar-refractivity contribution is 5.92. The molecule has 1 amide bonds. The highest BCUT2D eigenvalue weighted by Crippen LogP contribution is 2.22. The lowest BCUT2D eigenvalue weighted by Gasteiger charge is -2.31. The largest absolute Gasteiger partial charge is 0.439 e. The number of aromatic nitrogens is 1. The summed E-state index contributed by atoms with van der Waals surface area (Å²) in [5.41, 5.74) is 2.55. The SMILES string of the molecule is O=C(Nc1ccccc1)C1CCCN(Cc2nc3ccccc3o2)C1. The molecule has 1 N–H and O–H groups in total. The van der Waals surface area contributed by atoms with Gasteiger partial charge in [0.25, 0.3) is 0 Å². The van der Waals surface area contributed by atoms with Crippen LogP contribution in [0.15, 0.2) is 59.0 Å². The Hall–Kier alpha value is -2.66. The summed E-state index contributed by atoms with van der Waals surface area (Å²) in [4.78, 5) is 19.3. The average molecular weight is 335 g/mol. The molecule has 4 rings (SSSR count). The number of hydrogen-bond donors (Lipinski definition) is 1. The monoisotopic (exact) mass is 335 g/mol. The van der Waals surface area contributed by atoms with Crippen LogP contribution < -0.4 is 5.32 Å². The van der Waals surface area contributed by atoms with Crippen molar-refractivity contribution in [3.05, 3.63) is 60.5 Å². The van der Waals surface area contributed by atoms with Gasteiger partial charge in [0.1, 0.15) is 5.52 Å². The van der Waals surface area contributed by atoms with Gasteiger partial charge in [-0.3, -0.25) is 9.69 Å². The number of anilines is 1. The third-order valence-corrected chi connectivity index (χ3v) is 4.61. The van der Waals surface area contributed by atoms with Gasteiger partial charge in [-0.15, -0.1) is 0 Å². The number of piperidine rings is 1. The number of oxazole rings is 1. The summed E-state index contributed by atoms with van der Waals surface area (Å²) in [6, 6.07) is 17.4. The number of carbonyl (C=O) groups is 1. The maximum atomic E-state index is 12.5. The number of nitrogens with zero attached hydrogens (tertiary/aromatic N) is 2. The number of nitrogens with one attached hydrogen (secondary N) is 1. The van der Waals surface area contributed by atoms with Gasteiger partial charge < -0.3 is 9.73 Å². The van der Waals surface area contributed by atoms with E-state index < -0.39 is 0 Å². The zero-order valence-electron chi connectivity index (χ0n) is 14.0. The third-order valence-electron chi connectivity index (χ3n) is 4.61. The molecule has 1 aromatic heterocycles. The van der Waals surface area contributed by atoms with Gasteiger partial charge in [-0.1, -0.05) is 30.3 Å². The van der Waals surface area contributed by atoms with E-state index >= 15 is 0 Å². The van der Waals surface area contributed by atoms with Crippen molar-refractivity contribution in [2.45, 2.75) is 19.4 Å². The highest BCUT2D eigenvalue weighted by Gasteiger charge is 2.26. The van der Waals surface area contributed by atoms with E-state index in [0.717, 1.165) is 42.7 Å². The van der Waals surface area contributed by atoms with Crippen LogP contribution in [0.5, 0.6) is 0 Å². The van der Waals surface area contributed by atoms with Crippen LogP contribution in [-0.4, -0.2) is 28.9 Å². The molecule has 2 aromatic carbocycles. The Kier molecular flexibility index (Phi) is 4.48. The van der Waals surface area contributed by atoms with Gasteiger partial charge in [0, 0.05) is 12.2 Å². The van der Waals surface area contributed by atoms with Crippen molar-refractivity contribution in [2.75, 3.05) is 18.4 Å². The summed E-state index contributed by atoms with van der Waals surface area (Å²) in [5, 5.41) is 3.01. The Morgan fingerprint density at radius 3 is 2.80 bits per heavy atom. The minimum atomic E-state index is -0.00154. The van der Waals surface area contributed by atoms with Crippen LogP contribution >= 0.6 is 0 Å². The molecule has 1 atom stereocenters. The Bertz CT molecular complexity index is 827. The molecule has 5 heteroatoms. The minimum Gasteiger partial charge on any atom is -0.439 e. The fourth-order valence-electron chi connectivity index (χ4n) is 3.36. The Morgan fingerprint density at radius 2 is 1.96 bits per heavy atom. The first-order valence-corrected chi connectivity index (χ1v) is 8.71. The van der Waals surface area contributed by atoms with Crippen molar-refractivity contribution in [1.29, 1.82) is 0 Å². The molecule has 0 spiro atoms. The van der Waals surface area contributed by atoms with Crippen LogP contribution in [0.2, 0.25) is 0 Å². The number of para-hydroxylation sites is 3. The first-order valence-electron chi connectivity index (χ1n) is 8.71. The Balaban J connectivity index is 1.39. The number of rotatable bonds is 4. The molecular formula is C20H21N3O2. The second-order valence-electron chi connectivity index (χ2n) is 6.50. The number of hydrogen-bond acceptors (Lipinski definition) is 4. The van der Waals surface area contributed by atoms with E-state index in [1.807, 2.05) is 54.6 Å². The molecule has 0 saturated carbocycles. The molecule has 0 bridgehead atoms. The van der Waals surface area contributed by atoms with E-state index in [9.17, 15) is 4.79 Å². The van der Waals surface area contributed by atoms with Crippen molar-refractivity contribution in [3.63, 3.8) is 0 Å². The standard InChI is InChI=1S/C20H21N3O2/c24-20(21-16-8-2-1-3-9-16)15-7-6-12-23(13-15)14-19-22-17-10-4-5-11-18(17)25-19/h1-5,8-11,15H,6-7,12-14H2,(H,21,24). The van der Waals surface area contributed by atoms with Crippen LogP contribution in [0.25, 0.3) is 11.1 Å². The lowest BCUT2D eigenvalue weighted by Crippen LogP contribution is -2.40. The summed E-state index contributed by atoms with van der Waals surface area (Å²) in [7, 11) is 0. The van der Waals surface area contributed by atoms with Crippen molar-refractivity contribution < 1.29 is 9.21 Å². The van der Waals surface area contributed by atoms with Gasteiger partial charge in [0.05, 0.1) is 12.5 Å². The van der Waals surface area contributed by atoms with E-state index in [0.29, 0.717) is 12.4 Å². The van der Waals surface area contributed by atoms with Crippen LogP contribution in [-0.2, 0) is 11.3 Å². The molecule has 1 aliphatic heterocycles. The van der Waals surface area contributed by atoms with E-state index in [-0.39, 0.29) is 11.8 Å². The molecule has 5 nitrogen and oxygen atoms in total. The first kappa shape index (κ1) is 15.8. The van der Waals surface area contributed by atoms with Gasteiger partial charge >= 0.3 is 0 Å². The molecule has 1 saturated heterocycles. The van der Waals surface area contributed by atoms with Gasteiger partial charge in [0.15, 0.2) is 5.58 Å². The molecule has 3 aromatic rings. The molecule has 0 aliphatic carbocycles. The van der Waals surface area contributed by atoms with Gasteiger partial charge in [-0.2, -0.15) is 0 Å². The molecule has 25 heavy (non-hydrogen) atoms. The lowest BCUT2D eigenvalue weighted by molar-refractivity contribution is -0.121. The van der Waals surface area contributed by atoms with Gasteiger partial charge in [0.2, 0.25) is 11.8 Å². The molecule has 2 heterocycles. The molecular weight excluding hydrogens is 314 g/mol. The molecule has 0 radical (unpaired) electrons. The number of amides is 1. The highest BCUT2D eigenvalue weighted by atomic mass is 16.3. The van der Waals surface area contributed by atoms with Gasteiger partial charge in [-0.25, -0.2) is 4.98 Å². The first-order chi connectivity index (χ1) is 12.3. The molecule has 1 unspecified atom stereocenters. The summed E-state index contributed by atoms with van der Waals surface area (Å²) in [6.45, 7) is 2.34. The van der Waals surface area contributed by atoms with Crippen molar-refractivity contribution in [3.8, 4) is 0 Å². The van der Waals surface area contributed by atoms with Gasteiger partial charge in [-0.05, 0) is 43.7 Å². The van der Waals surface area contributed by atoms with E-state index in [4.69, 9.17) is 4.42 Å². The fraction of sp³-hybridized carbons (Fsp3) is 0.300. The quantitative estimate of drug-likeness (QED) is 0.790. The van der Waals surface area contributed by atoms with E-state index in [2.05, 4.69) is 15.2 Å². The number of carbonyl (C=O) groups excluding carboxylic acids is 1. The predicted octanol–water partition coefficient (Wildman–Crippen LogP) is 3.68. The smallest absolute Gasteiger partial charge is 0.228 e.